The molecule has 0 aliphatic heterocycles. The van der Waals surface area contributed by atoms with Crippen LogP contribution in [0.1, 0.15) is 16.7 Å². The third-order valence-electron chi connectivity index (χ3n) is 3.03. The number of rotatable bonds is 6. The van der Waals surface area contributed by atoms with Crippen molar-refractivity contribution in [3.63, 3.8) is 0 Å². The number of hydrogen-bond acceptors (Lipinski definition) is 2. The van der Waals surface area contributed by atoms with E-state index in [1.165, 1.54) is 6.07 Å². The fourth-order valence-corrected chi connectivity index (χ4v) is 2.38. The molecule has 0 aliphatic carbocycles. The zero-order valence-corrected chi connectivity index (χ0v) is 12.9. The standard InChI is InChI=1S/C16H15BrFNO2/c17-14-5-6-15(18)13(8-14)10-19-9-12-3-1-11(2-4-12)7-16(20)21/h1-6,8,19H,7,9-10H2,(H,20,21). The molecular weight excluding hydrogens is 337 g/mol. The van der Waals surface area contributed by atoms with Gasteiger partial charge in [0.25, 0.3) is 0 Å². The molecule has 5 heteroatoms. The van der Waals surface area contributed by atoms with Crippen molar-refractivity contribution in [2.45, 2.75) is 19.5 Å². The molecule has 0 atom stereocenters. The SMILES string of the molecule is O=C(O)Cc1ccc(CNCc2cc(Br)ccc2F)cc1. The highest BCUT2D eigenvalue weighted by Crippen LogP contribution is 2.15. The number of carbonyl (C=O) groups is 1. The first-order chi connectivity index (χ1) is 10.0. The van der Waals surface area contributed by atoms with Crippen LogP contribution < -0.4 is 5.32 Å². The van der Waals surface area contributed by atoms with Gasteiger partial charge in [-0.1, -0.05) is 40.2 Å². The summed E-state index contributed by atoms with van der Waals surface area (Å²) in [7, 11) is 0. The van der Waals surface area contributed by atoms with Crippen molar-refractivity contribution in [3.05, 3.63) is 69.4 Å². The topological polar surface area (TPSA) is 49.3 Å². The van der Waals surface area contributed by atoms with Gasteiger partial charge in [0, 0.05) is 23.1 Å². The normalized spacial score (nSPS) is 10.6. The lowest BCUT2D eigenvalue weighted by Crippen LogP contribution is -2.13. The van der Waals surface area contributed by atoms with Crippen molar-refractivity contribution < 1.29 is 14.3 Å². The highest BCUT2D eigenvalue weighted by molar-refractivity contribution is 9.10. The van der Waals surface area contributed by atoms with E-state index in [0.29, 0.717) is 18.7 Å². The molecule has 3 nitrogen and oxygen atoms in total. The van der Waals surface area contributed by atoms with Crippen LogP contribution in [0, 0.1) is 5.82 Å². The molecule has 0 aliphatic rings. The number of halogens is 2. The van der Waals surface area contributed by atoms with Gasteiger partial charge in [-0.2, -0.15) is 0 Å². The molecule has 110 valence electrons. The van der Waals surface area contributed by atoms with Crippen molar-refractivity contribution >= 4 is 21.9 Å². The Labute approximate surface area is 130 Å². The average Bonchev–Trinajstić information content (AvgIpc) is 2.44. The van der Waals surface area contributed by atoms with Gasteiger partial charge < -0.3 is 10.4 Å². The summed E-state index contributed by atoms with van der Waals surface area (Å²) in [6.07, 6.45) is 0.0248. The number of nitrogens with one attached hydrogen (secondary N) is 1. The van der Waals surface area contributed by atoms with E-state index < -0.39 is 5.97 Å². The first kappa shape index (κ1) is 15.7. The second kappa shape index (κ2) is 7.33. The summed E-state index contributed by atoms with van der Waals surface area (Å²) in [6, 6.07) is 12.2. The zero-order valence-electron chi connectivity index (χ0n) is 11.3. The summed E-state index contributed by atoms with van der Waals surface area (Å²) in [5.41, 5.74) is 2.40. The molecule has 0 bridgehead atoms. The quantitative estimate of drug-likeness (QED) is 0.837. The minimum absolute atomic E-state index is 0.0248. The molecule has 2 aromatic carbocycles. The molecule has 2 rings (SSSR count). The van der Waals surface area contributed by atoms with E-state index in [9.17, 15) is 9.18 Å². The van der Waals surface area contributed by atoms with E-state index in [1.807, 2.05) is 12.1 Å². The lowest BCUT2D eigenvalue weighted by atomic mass is 10.1. The van der Waals surface area contributed by atoms with Crippen molar-refractivity contribution in [1.82, 2.24) is 5.32 Å². The van der Waals surface area contributed by atoms with Gasteiger partial charge in [0.15, 0.2) is 0 Å². The summed E-state index contributed by atoms with van der Waals surface area (Å²) >= 11 is 3.32. The molecule has 0 saturated carbocycles. The number of benzene rings is 2. The van der Waals surface area contributed by atoms with Crippen LogP contribution in [0.25, 0.3) is 0 Å². The Balaban J connectivity index is 1.88. The van der Waals surface area contributed by atoms with Gasteiger partial charge in [0.2, 0.25) is 0 Å². The number of carboxylic acids is 1. The van der Waals surface area contributed by atoms with E-state index >= 15 is 0 Å². The Morgan fingerprint density at radius 1 is 1.10 bits per heavy atom. The first-order valence-corrected chi connectivity index (χ1v) is 7.28. The Morgan fingerprint density at radius 2 is 1.76 bits per heavy atom. The maximum Gasteiger partial charge on any atom is 0.307 e. The van der Waals surface area contributed by atoms with E-state index in [0.717, 1.165) is 15.6 Å². The van der Waals surface area contributed by atoms with Crippen LogP contribution in [0.4, 0.5) is 4.39 Å². The van der Waals surface area contributed by atoms with Crippen LogP contribution >= 0.6 is 15.9 Å². The van der Waals surface area contributed by atoms with Crippen LogP contribution in [0.15, 0.2) is 46.9 Å². The predicted octanol–water partition coefficient (Wildman–Crippen LogP) is 3.51. The second-order valence-corrected chi connectivity index (χ2v) is 5.64. The Hall–Kier alpha value is -1.72. The molecule has 0 fully saturated rings. The van der Waals surface area contributed by atoms with E-state index in [-0.39, 0.29) is 12.2 Å². The van der Waals surface area contributed by atoms with Crippen molar-refractivity contribution in [3.8, 4) is 0 Å². The zero-order chi connectivity index (χ0) is 15.2. The molecule has 21 heavy (non-hydrogen) atoms. The third kappa shape index (κ3) is 4.95. The minimum Gasteiger partial charge on any atom is -0.481 e. The second-order valence-electron chi connectivity index (χ2n) is 4.73. The highest BCUT2D eigenvalue weighted by Gasteiger charge is 2.03. The minimum atomic E-state index is -0.842. The fourth-order valence-electron chi connectivity index (χ4n) is 1.97. The van der Waals surface area contributed by atoms with Crippen LogP contribution in [-0.2, 0) is 24.3 Å². The Kier molecular flexibility index (Phi) is 5.47. The first-order valence-electron chi connectivity index (χ1n) is 6.49. The average molecular weight is 352 g/mol. The number of hydrogen-bond donors (Lipinski definition) is 2. The number of carboxylic acid groups (broad SMARTS) is 1. The lowest BCUT2D eigenvalue weighted by Gasteiger charge is -2.07. The largest absolute Gasteiger partial charge is 0.481 e. The van der Waals surface area contributed by atoms with Gasteiger partial charge in [-0.05, 0) is 29.3 Å². The van der Waals surface area contributed by atoms with E-state index in [1.54, 1.807) is 24.3 Å². The fraction of sp³-hybridized carbons (Fsp3) is 0.188. The molecule has 0 radical (unpaired) electrons. The highest BCUT2D eigenvalue weighted by atomic mass is 79.9. The van der Waals surface area contributed by atoms with Crippen molar-refractivity contribution in [2.24, 2.45) is 0 Å². The van der Waals surface area contributed by atoms with Crippen molar-refractivity contribution in [1.29, 1.82) is 0 Å². The molecular formula is C16H15BrFNO2. The number of aliphatic carboxylic acids is 1. The van der Waals surface area contributed by atoms with Gasteiger partial charge in [0.1, 0.15) is 5.82 Å². The summed E-state index contributed by atoms with van der Waals surface area (Å²) in [6.45, 7) is 1.03. The molecule has 0 spiro atoms. The molecule has 0 aromatic heterocycles. The van der Waals surface area contributed by atoms with E-state index in [4.69, 9.17) is 5.11 Å². The summed E-state index contributed by atoms with van der Waals surface area (Å²) < 4.78 is 14.4. The smallest absolute Gasteiger partial charge is 0.307 e. The van der Waals surface area contributed by atoms with Crippen molar-refractivity contribution in [2.75, 3.05) is 0 Å². The Bertz CT molecular complexity index is 629. The summed E-state index contributed by atoms with van der Waals surface area (Å²) in [5, 5.41) is 11.9. The molecule has 2 N–H and O–H groups in total. The molecule has 0 unspecified atom stereocenters. The van der Waals surface area contributed by atoms with Gasteiger partial charge in [0.05, 0.1) is 6.42 Å². The Morgan fingerprint density at radius 3 is 2.43 bits per heavy atom. The maximum atomic E-state index is 13.6. The molecule has 0 amide bonds. The lowest BCUT2D eigenvalue weighted by molar-refractivity contribution is -0.136. The molecule has 0 saturated heterocycles. The van der Waals surface area contributed by atoms with Crippen LogP contribution in [-0.4, -0.2) is 11.1 Å². The van der Waals surface area contributed by atoms with Crippen LogP contribution in [0.5, 0.6) is 0 Å². The van der Waals surface area contributed by atoms with Crippen LogP contribution in [0.2, 0.25) is 0 Å². The summed E-state index contributed by atoms with van der Waals surface area (Å²) in [5.74, 6) is -1.08. The van der Waals surface area contributed by atoms with Gasteiger partial charge >= 0.3 is 5.97 Å². The molecule has 2 aromatic rings. The monoisotopic (exact) mass is 351 g/mol. The predicted molar refractivity (Wildman–Crippen MR) is 82.4 cm³/mol. The molecule has 0 heterocycles. The third-order valence-corrected chi connectivity index (χ3v) is 3.52. The van der Waals surface area contributed by atoms with Gasteiger partial charge in [-0.15, -0.1) is 0 Å². The van der Waals surface area contributed by atoms with E-state index in [2.05, 4.69) is 21.2 Å². The summed E-state index contributed by atoms with van der Waals surface area (Å²) in [4.78, 5) is 10.6. The van der Waals surface area contributed by atoms with Gasteiger partial charge in [-0.25, -0.2) is 4.39 Å². The van der Waals surface area contributed by atoms with Gasteiger partial charge in [-0.3, -0.25) is 4.79 Å². The van der Waals surface area contributed by atoms with Crippen LogP contribution in [0.3, 0.4) is 0 Å². The maximum absolute atomic E-state index is 13.6.